The van der Waals surface area contributed by atoms with Gasteiger partial charge in [-0.15, -0.1) is 0 Å². The van der Waals surface area contributed by atoms with E-state index in [9.17, 15) is 17.6 Å². The molecule has 0 aliphatic heterocycles. The average Bonchev–Trinajstić information content (AvgIpc) is 2.65. The van der Waals surface area contributed by atoms with Gasteiger partial charge in [-0.05, 0) is 61.7 Å². The van der Waals surface area contributed by atoms with Crippen LogP contribution in [0, 0.1) is 12.7 Å². The molecule has 2 aromatic carbocycles. The molecule has 0 unspecified atom stereocenters. The molecular weight excluding hydrogens is 383 g/mol. The molecule has 0 aliphatic carbocycles. The lowest BCUT2D eigenvalue weighted by atomic mass is 10.1. The van der Waals surface area contributed by atoms with Crippen LogP contribution in [0.5, 0.6) is 5.75 Å². The van der Waals surface area contributed by atoms with Crippen molar-refractivity contribution in [3.8, 4) is 5.75 Å². The first-order chi connectivity index (χ1) is 13.2. The molecule has 0 saturated heterocycles. The van der Waals surface area contributed by atoms with Crippen LogP contribution in [0.25, 0.3) is 0 Å². The number of carbonyl (C=O) groups excluding carboxylic acids is 1. The van der Waals surface area contributed by atoms with E-state index in [0.717, 1.165) is 5.56 Å². The summed E-state index contributed by atoms with van der Waals surface area (Å²) in [5.41, 5.74) is 1.39. The molecule has 1 atom stereocenters. The van der Waals surface area contributed by atoms with Gasteiger partial charge >= 0.3 is 0 Å². The summed E-state index contributed by atoms with van der Waals surface area (Å²) >= 11 is 0. The van der Waals surface area contributed by atoms with Gasteiger partial charge in [0.15, 0.2) is 6.61 Å². The van der Waals surface area contributed by atoms with Gasteiger partial charge in [-0.2, -0.15) is 0 Å². The molecule has 1 amide bonds. The normalized spacial score (nSPS) is 12.4. The number of hydrogen-bond donors (Lipinski definition) is 2. The molecule has 0 bridgehead atoms. The summed E-state index contributed by atoms with van der Waals surface area (Å²) in [4.78, 5) is 12.3. The Bertz CT molecular complexity index is 914. The summed E-state index contributed by atoms with van der Waals surface area (Å²) in [6.45, 7) is 5.54. The van der Waals surface area contributed by atoms with Crippen molar-refractivity contribution < 1.29 is 22.3 Å². The molecule has 2 aromatic rings. The maximum atomic E-state index is 13.0. The fourth-order valence-corrected chi connectivity index (χ4v) is 3.75. The summed E-state index contributed by atoms with van der Waals surface area (Å²) in [7, 11) is -3.55. The van der Waals surface area contributed by atoms with Gasteiger partial charge in [0.25, 0.3) is 5.91 Å². The Kier molecular flexibility index (Phi) is 7.53. The van der Waals surface area contributed by atoms with Crippen molar-refractivity contribution >= 4 is 15.9 Å². The zero-order chi connectivity index (χ0) is 20.7. The predicted molar refractivity (Wildman–Crippen MR) is 105 cm³/mol. The van der Waals surface area contributed by atoms with Crippen molar-refractivity contribution in [2.45, 2.75) is 38.1 Å². The second-order valence-electron chi connectivity index (χ2n) is 6.45. The van der Waals surface area contributed by atoms with Crippen LogP contribution in [0.3, 0.4) is 0 Å². The van der Waals surface area contributed by atoms with Gasteiger partial charge in [-0.3, -0.25) is 4.79 Å². The Hall–Kier alpha value is -2.45. The van der Waals surface area contributed by atoms with Crippen molar-refractivity contribution in [3.63, 3.8) is 0 Å². The molecule has 0 aromatic heterocycles. The predicted octanol–water partition coefficient (Wildman–Crippen LogP) is 3.08. The molecule has 2 N–H and O–H groups in total. The van der Waals surface area contributed by atoms with E-state index < -0.39 is 10.0 Å². The van der Waals surface area contributed by atoms with Crippen LogP contribution in [-0.2, 0) is 14.8 Å². The van der Waals surface area contributed by atoms with Crippen LogP contribution in [0.15, 0.2) is 47.4 Å². The quantitative estimate of drug-likeness (QED) is 0.668. The maximum absolute atomic E-state index is 13.0. The van der Waals surface area contributed by atoms with Gasteiger partial charge < -0.3 is 10.1 Å². The number of aryl methyl sites for hydroxylation is 1. The highest BCUT2D eigenvalue weighted by atomic mass is 32.2. The van der Waals surface area contributed by atoms with E-state index in [2.05, 4.69) is 10.0 Å². The minimum atomic E-state index is -3.55. The highest BCUT2D eigenvalue weighted by Crippen LogP contribution is 2.22. The molecule has 0 fully saturated rings. The summed E-state index contributed by atoms with van der Waals surface area (Å²) in [6.07, 6.45) is 0.699. The van der Waals surface area contributed by atoms with Crippen molar-refractivity contribution in [1.29, 1.82) is 0 Å². The first-order valence-electron chi connectivity index (χ1n) is 9.01. The van der Waals surface area contributed by atoms with Gasteiger partial charge in [-0.1, -0.05) is 19.1 Å². The van der Waals surface area contributed by atoms with E-state index >= 15 is 0 Å². The lowest BCUT2D eigenvalue weighted by Gasteiger charge is -2.15. The summed E-state index contributed by atoms with van der Waals surface area (Å²) < 4.78 is 45.3. The number of carbonyl (C=O) groups is 1. The fourth-order valence-electron chi connectivity index (χ4n) is 2.53. The number of hydrogen-bond acceptors (Lipinski definition) is 4. The zero-order valence-electron chi connectivity index (χ0n) is 16.2. The number of benzene rings is 2. The lowest BCUT2D eigenvalue weighted by molar-refractivity contribution is -0.123. The third-order valence-corrected chi connectivity index (χ3v) is 5.56. The molecule has 0 saturated carbocycles. The van der Waals surface area contributed by atoms with E-state index in [1.165, 1.54) is 30.3 Å². The Morgan fingerprint density at radius 1 is 1.18 bits per heavy atom. The second kappa shape index (κ2) is 9.66. The minimum Gasteiger partial charge on any atom is -0.484 e. The van der Waals surface area contributed by atoms with Crippen LogP contribution in [-0.4, -0.2) is 27.5 Å². The number of sulfonamides is 1. The van der Waals surface area contributed by atoms with Crippen molar-refractivity contribution in [1.82, 2.24) is 10.0 Å². The van der Waals surface area contributed by atoms with Gasteiger partial charge in [0.1, 0.15) is 11.6 Å². The van der Waals surface area contributed by atoms with Crippen LogP contribution < -0.4 is 14.8 Å². The summed E-state index contributed by atoms with van der Waals surface area (Å²) in [5, 5.41) is 2.77. The highest BCUT2D eigenvalue weighted by Gasteiger charge is 2.15. The molecular formula is C20H25FN2O4S. The van der Waals surface area contributed by atoms with Crippen LogP contribution in [0.1, 0.15) is 37.4 Å². The third kappa shape index (κ3) is 6.03. The molecule has 0 radical (unpaired) electrons. The smallest absolute Gasteiger partial charge is 0.258 e. The van der Waals surface area contributed by atoms with Crippen molar-refractivity contribution in [2.75, 3.05) is 13.2 Å². The van der Waals surface area contributed by atoms with Gasteiger partial charge in [0, 0.05) is 6.54 Å². The highest BCUT2D eigenvalue weighted by molar-refractivity contribution is 7.89. The number of halogens is 1. The molecule has 0 aliphatic rings. The maximum Gasteiger partial charge on any atom is 0.258 e. The second-order valence-corrected chi connectivity index (χ2v) is 8.22. The zero-order valence-corrected chi connectivity index (χ0v) is 17.0. The standard InChI is InChI=1S/C20H25FN2O4S/c1-4-11-22-28(25,26)18-9-10-19(14(2)12-18)27-13-20(24)23-15(3)16-5-7-17(21)8-6-16/h5-10,12,15,22H,4,11,13H2,1-3H3,(H,23,24)/t15-/m0/s1. The lowest BCUT2D eigenvalue weighted by Crippen LogP contribution is -2.31. The molecule has 28 heavy (non-hydrogen) atoms. The van der Waals surface area contributed by atoms with E-state index in [-0.39, 0.29) is 29.3 Å². The van der Waals surface area contributed by atoms with Crippen molar-refractivity contribution in [3.05, 3.63) is 59.4 Å². The number of ether oxygens (including phenoxy) is 1. The van der Waals surface area contributed by atoms with E-state index in [4.69, 9.17) is 4.74 Å². The SMILES string of the molecule is CCCNS(=O)(=O)c1ccc(OCC(=O)N[C@@H](C)c2ccc(F)cc2)c(C)c1. The first kappa shape index (κ1) is 21.8. The van der Waals surface area contributed by atoms with Gasteiger partial charge in [-0.25, -0.2) is 17.5 Å². The van der Waals surface area contributed by atoms with Crippen molar-refractivity contribution in [2.24, 2.45) is 0 Å². The van der Waals surface area contributed by atoms with Crippen LogP contribution in [0.4, 0.5) is 4.39 Å². The minimum absolute atomic E-state index is 0.153. The van der Waals surface area contributed by atoms with E-state index in [1.54, 1.807) is 26.0 Å². The molecule has 0 spiro atoms. The first-order valence-corrected chi connectivity index (χ1v) is 10.5. The average molecular weight is 408 g/mol. The summed E-state index contributed by atoms with van der Waals surface area (Å²) in [6, 6.07) is 10.1. The molecule has 152 valence electrons. The van der Waals surface area contributed by atoms with Crippen LogP contribution >= 0.6 is 0 Å². The number of rotatable bonds is 9. The molecule has 0 heterocycles. The van der Waals surface area contributed by atoms with E-state index in [1.807, 2.05) is 6.92 Å². The largest absolute Gasteiger partial charge is 0.484 e. The molecule has 2 rings (SSSR count). The number of nitrogens with one attached hydrogen (secondary N) is 2. The third-order valence-electron chi connectivity index (χ3n) is 4.11. The number of amides is 1. The Balaban J connectivity index is 1.94. The summed E-state index contributed by atoms with van der Waals surface area (Å²) in [5.74, 6) is -0.243. The molecule has 8 heteroatoms. The Labute approximate surface area is 165 Å². The monoisotopic (exact) mass is 408 g/mol. The van der Waals surface area contributed by atoms with Gasteiger partial charge in [0.05, 0.1) is 10.9 Å². The topological polar surface area (TPSA) is 84.5 Å². The fraction of sp³-hybridized carbons (Fsp3) is 0.350. The van der Waals surface area contributed by atoms with E-state index in [0.29, 0.717) is 24.3 Å². The van der Waals surface area contributed by atoms with Crippen LogP contribution in [0.2, 0.25) is 0 Å². The van der Waals surface area contributed by atoms with Gasteiger partial charge in [0.2, 0.25) is 10.0 Å². The Morgan fingerprint density at radius 3 is 2.46 bits per heavy atom. The Morgan fingerprint density at radius 2 is 1.86 bits per heavy atom. The molecule has 6 nitrogen and oxygen atoms in total.